The van der Waals surface area contributed by atoms with Crippen molar-refractivity contribution in [3.8, 4) is 0 Å². The fraction of sp³-hybridized carbons (Fsp3) is 0.385. The average Bonchev–Trinajstić information content (AvgIpc) is 2.32. The molecule has 104 valence electrons. The number of halogens is 2. The Morgan fingerprint density at radius 1 is 1.32 bits per heavy atom. The van der Waals surface area contributed by atoms with Crippen LogP contribution in [-0.2, 0) is 20.7 Å². The van der Waals surface area contributed by atoms with Gasteiger partial charge in [-0.1, -0.05) is 6.07 Å². The molecule has 0 bridgehead atoms. The average molecular weight is 271 g/mol. The molecule has 0 fully saturated rings. The molecule has 0 aliphatic carbocycles. The van der Waals surface area contributed by atoms with Crippen LogP contribution < -0.4 is 5.32 Å². The molecule has 4 nitrogen and oxygen atoms in total. The number of rotatable bonds is 6. The molecule has 0 atom stereocenters. The number of nitrogens with one attached hydrogen (secondary N) is 1. The van der Waals surface area contributed by atoms with Gasteiger partial charge >= 0.3 is 5.97 Å². The summed E-state index contributed by atoms with van der Waals surface area (Å²) in [6.45, 7) is 2.03. The molecule has 19 heavy (non-hydrogen) atoms. The standard InChI is InChI=1S/C13H15F2NO3/c1-2-19-13(18)8-12(17)16-6-5-9-3-4-10(14)7-11(9)15/h3-4,7H,2,5-6,8H2,1H3,(H,16,17). The van der Waals surface area contributed by atoms with E-state index in [1.54, 1.807) is 6.92 Å². The Balaban J connectivity index is 2.33. The highest BCUT2D eigenvalue weighted by Crippen LogP contribution is 2.09. The summed E-state index contributed by atoms with van der Waals surface area (Å²) in [5, 5.41) is 2.46. The van der Waals surface area contributed by atoms with Crippen molar-refractivity contribution >= 4 is 11.9 Å². The van der Waals surface area contributed by atoms with Gasteiger partial charge in [0.1, 0.15) is 18.1 Å². The lowest BCUT2D eigenvalue weighted by molar-refractivity contribution is -0.145. The first-order valence-corrected chi connectivity index (χ1v) is 5.89. The second-order valence-corrected chi connectivity index (χ2v) is 3.82. The molecule has 0 radical (unpaired) electrons. The maximum Gasteiger partial charge on any atom is 0.315 e. The van der Waals surface area contributed by atoms with Crippen LogP contribution in [0.2, 0.25) is 0 Å². The minimum absolute atomic E-state index is 0.167. The van der Waals surface area contributed by atoms with Crippen LogP contribution in [0.3, 0.4) is 0 Å². The maximum atomic E-state index is 13.3. The van der Waals surface area contributed by atoms with Crippen molar-refractivity contribution in [2.24, 2.45) is 0 Å². The highest BCUT2D eigenvalue weighted by Gasteiger charge is 2.10. The topological polar surface area (TPSA) is 55.4 Å². The van der Waals surface area contributed by atoms with Gasteiger partial charge in [-0.2, -0.15) is 0 Å². The van der Waals surface area contributed by atoms with E-state index in [4.69, 9.17) is 0 Å². The minimum Gasteiger partial charge on any atom is -0.466 e. The normalized spacial score (nSPS) is 10.1. The molecule has 0 unspecified atom stereocenters. The van der Waals surface area contributed by atoms with E-state index in [9.17, 15) is 18.4 Å². The molecule has 1 aromatic rings. The lowest BCUT2D eigenvalue weighted by Crippen LogP contribution is -2.28. The van der Waals surface area contributed by atoms with Gasteiger partial charge in [-0.25, -0.2) is 8.78 Å². The van der Waals surface area contributed by atoms with E-state index in [2.05, 4.69) is 10.1 Å². The van der Waals surface area contributed by atoms with Gasteiger partial charge in [0, 0.05) is 12.6 Å². The molecule has 0 saturated heterocycles. The first-order chi connectivity index (χ1) is 9.02. The van der Waals surface area contributed by atoms with Gasteiger partial charge in [0.05, 0.1) is 6.61 Å². The third kappa shape index (κ3) is 5.46. The Kier molecular flexibility index (Phi) is 5.92. The minimum atomic E-state index is -0.653. The Morgan fingerprint density at radius 3 is 2.68 bits per heavy atom. The zero-order valence-electron chi connectivity index (χ0n) is 10.5. The smallest absolute Gasteiger partial charge is 0.315 e. The fourth-order valence-corrected chi connectivity index (χ4v) is 1.47. The Morgan fingerprint density at radius 2 is 2.05 bits per heavy atom. The van der Waals surface area contributed by atoms with Crippen molar-refractivity contribution in [2.75, 3.05) is 13.2 Å². The van der Waals surface area contributed by atoms with Gasteiger partial charge in [-0.05, 0) is 25.0 Å². The first kappa shape index (κ1) is 15.1. The summed E-state index contributed by atoms with van der Waals surface area (Å²) in [4.78, 5) is 22.3. The van der Waals surface area contributed by atoms with E-state index in [1.807, 2.05) is 0 Å². The summed E-state index contributed by atoms with van der Waals surface area (Å²) in [6.07, 6.45) is -0.138. The van der Waals surface area contributed by atoms with E-state index >= 15 is 0 Å². The zero-order chi connectivity index (χ0) is 14.3. The number of esters is 1. The van der Waals surface area contributed by atoms with Gasteiger partial charge in [-0.3, -0.25) is 9.59 Å². The molecule has 0 saturated carbocycles. The molecule has 1 rings (SSSR count). The third-order valence-corrected chi connectivity index (χ3v) is 2.34. The molecule has 0 heterocycles. The van der Waals surface area contributed by atoms with Crippen molar-refractivity contribution in [1.29, 1.82) is 0 Å². The largest absolute Gasteiger partial charge is 0.466 e. The van der Waals surface area contributed by atoms with Crippen LogP contribution in [0, 0.1) is 11.6 Å². The number of ether oxygens (including phenoxy) is 1. The van der Waals surface area contributed by atoms with E-state index < -0.39 is 23.5 Å². The SMILES string of the molecule is CCOC(=O)CC(=O)NCCc1ccc(F)cc1F. The van der Waals surface area contributed by atoms with E-state index in [0.717, 1.165) is 12.1 Å². The molecule has 0 aliphatic heterocycles. The van der Waals surface area contributed by atoms with Gasteiger partial charge in [0.2, 0.25) is 5.91 Å². The number of benzene rings is 1. The molecule has 0 spiro atoms. The van der Waals surface area contributed by atoms with Crippen molar-refractivity contribution in [3.05, 3.63) is 35.4 Å². The highest BCUT2D eigenvalue weighted by atomic mass is 19.1. The molecule has 1 amide bonds. The number of hydrogen-bond acceptors (Lipinski definition) is 3. The van der Waals surface area contributed by atoms with Crippen molar-refractivity contribution in [1.82, 2.24) is 5.32 Å². The quantitative estimate of drug-likeness (QED) is 0.631. The first-order valence-electron chi connectivity index (χ1n) is 5.89. The second kappa shape index (κ2) is 7.45. The lowest BCUT2D eigenvalue weighted by atomic mass is 10.1. The van der Waals surface area contributed by atoms with Crippen molar-refractivity contribution in [2.45, 2.75) is 19.8 Å². The number of hydrogen-bond donors (Lipinski definition) is 1. The Labute approximate surface area is 109 Å². The van der Waals surface area contributed by atoms with Crippen LogP contribution >= 0.6 is 0 Å². The summed E-state index contributed by atoms with van der Waals surface area (Å²) < 4.78 is 30.5. The van der Waals surface area contributed by atoms with E-state index in [0.29, 0.717) is 5.56 Å². The van der Waals surface area contributed by atoms with Crippen molar-refractivity contribution in [3.63, 3.8) is 0 Å². The highest BCUT2D eigenvalue weighted by molar-refractivity contribution is 5.94. The van der Waals surface area contributed by atoms with Gasteiger partial charge in [0.25, 0.3) is 0 Å². The van der Waals surface area contributed by atoms with Crippen LogP contribution in [0.15, 0.2) is 18.2 Å². The van der Waals surface area contributed by atoms with E-state index in [1.165, 1.54) is 6.07 Å². The predicted octanol–water partition coefficient (Wildman–Crippen LogP) is 1.58. The second-order valence-electron chi connectivity index (χ2n) is 3.82. The Bertz CT molecular complexity index is 463. The molecule has 1 N–H and O–H groups in total. The van der Waals surface area contributed by atoms with Crippen LogP contribution in [0.25, 0.3) is 0 Å². The molecule has 6 heteroatoms. The van der Waals surface area contributed by atoms with Crippen LogP contribution in [-0.4, -0.2) is 25.0 Å². The number of carbonyl (C=O) groups is 2. The zero-order valence-corrected chi connectivity index (χ0v) is 10.5. The van der Waals surface area contributed by atoms with Crippen molar-refractivity contribution < 1.29 is 23.1 Å². The summed E-state index contributed by atoms with van der Waals surface area (Å²) in [6, 6.07) is 3.26. The fourth-order valence-electron chi connectivity index (χ4n) is 1.47. The predicted molar refractivity (Wildman–Crippen MR) is 64.3 cm³/mol. The third-order valence-electron chi connectivity index (χ3n) is 2.34. The van der Waals surface area contributed by atoms with E-state index in [-0.39, 0.29) is 26.0 Å². The Hall–Kier alpha value is -1.98. The van der Waals surface area contributed by atoms with Crippen LogP contribution in [0.4, 0.5) is 8.78 Å². The van der Waals surface area contributed by atoms with Gasteiger partial charge < -0.3 is 10.1 Å². The molecule has 0 aromatic heterocycles. The number of carbonyl (C=O) groups excluding carboxylic acids is 2. The summed E-state index contributed by atoms with van der Waals surface area (Å²) >= 11 is 0. The maximum absolute atomic E-state index is 13.3. The van der Waals surface area contributed by atoms with Crippen LogP contribution in [0.5, 0.6) is 0 Å². The summed E-state index contributed by atoms with van der Waals surface area (Å²) in [5.74, 6) is -2.39. The summed E-state index contributed by atoms with van der Waals surface area (Å²) in [7, 11) is 0. The van der Waals surface area contributed by atoms with Gasteiger partial charge in [-0.15, -0.1) is 0 Å². The molecule has 0 aliphatic rings. The van der Waals surface area contributed by atoms with Crippen LogP contribution in [0.1, 0.15) is 18.9 Å². The molecular weight excluding hydrogens is 256 g/mol. The molecule has 1 aromatic carbocycles. The lowest BCUT2D eigenvalue weighted by Gasteiger charge is -2.06. The number of amides is 1. The summed E-state index contributed by atoms with van der Waals surface area (Å²) in [5.41, 5.74) is 0.304. The van der Waals surface area contributed by atoms with Gasteiger partial charge in [0.15, 0.2) is 0 Å². The monoisotopic (exact) mass is 271 g/mol. The molecular formula is C13H15F2NO3.